The molecule has 2 aliphatic rings. The lowest BCUT2D eigenvalue weighted by Gasteiger charge is -2.32. The summed E-state index contributed by atoms with van der Waals surface area (Å²) in [7, 11) is 0. The van der Waals surface area contributed by atoms with Crippen molar-refractivity contribution in [1.29, 1.82) is 0 Å². The first-order chi connectivity index (χ1) is 27.8. The smallest absolute Gasteiger partial charge is 0.0443 e. The molecule has 2 aliphatic heterocycles. The van der Waals surface area contributed by atoms with Gasteiger partial charge in [-0.15, -0.1) is 0 Å². The molecule has 2 nitrogen and oxygen atoms in total. The van der Waals surface area contributed by atoms with Crippen LogP contribution in [0.25, 0.3) is 65.7 Å². The number of para-hydroxylation sites is 2. The van der Waals surface area contributed by atoms with E-state index in [1.165, 1.54) is 99.6 Å². The van der Waals surface area contributed by atoms with Crippen molar-refractivity contribution >= 4 is 55.1 Å². The molecule has 2 heteroatoms. The Morgan fingerprint density at radius 2 is 0.857 bits per heavy atom. The molecule has 0 aliphatic carbocycles. The molecule has 0 radical (unpaired) electrons. The average Bonchev–Trinajstić information content (AvgIpc) is 3.28. The lowest BCUT2D eigenvalue weighted by Crippen LogP contribution is -2.24. The minimum absolute atomic E-state index is 1.01. The molecule has 0 amide bonds. The van der Waals surface area contributed by atoms with Gasteiger partial charge in [0.25, 0.3) is 0 Å². The van der Waals surface area contributed by atoms with E-state index in [0.717, 1.165) is 38.8 Å². The van der Waals surface area contributed by atoms with E-state index in [1.807, 2.05) is 0 Å². The van der Waals surface area contributed by atoms with Crippen molar-refractivity contribution < 1.29 is 0 Å². The number of fused-ring (bicyclic) bond motifs is 5. The molecular weight excluding hydrogens is 677 g/mol. The van der Waals surface area contributed by atoms with Crippen molar-refractivity contribution in [1.82, 2.24) is 0 Å². The third-order valence-corrected chi connectivity index (χ3v) is 12.3. The van der Waals surface area contributed by atoms with E-state index >= 15 is 0 Å². The second kappa shape index (κ2) is 13.6. The first kappa shape index (κ1) is 32.8. The Hall–Kier alpha value is -6.64. The Labute approximate surface area is 328 Å². The van der Waals surface area contributed by atoms with Crippen LogP contribution in [0, 0.1) is 0 Å². The van der Waals surface area contributed by atoms with Crippen LogP contribution < -0.4 is 9.80 Å². The number of aryl methyl sites for hydroxylation is 2. The summed E-state index contributed by atoms with van der Waals surface area (Å²) in [4.78, 5) is 5.08. The molecule has 0 unspecified atom stereocenters. The highest BCUT2D eigenvalue weighted by atomic mass is 15.1. The van der Waals surface area contributed by atoms with Crippen molar-refractivity contribution in [2.45, 2.75) is 25.7 Å². The van der Waals surface area contributed by atoms with Gasteiger partial charge in [-0.05, 0) is 139 Å². The molecule has 2 heterocycles. The summed E-state index contributed by atoms with van der Waals surface area (Å²) in [6, 6.07) is 68.1. The Balaban J connectivity index is 1.22. The Morgan fingerprint density at radius 1 is 0.339 bits per heavy atom. The van der Waals surface area contributed by atoms with Gasteiger partial charge in [0.2, 0.25) is 0 Å². The molecule has 0 saturated carbocycles. The lowest BCUT2D eigenvalue weighted by atomic mass is 9.84. The van der Waals surface area contributed by atoms with Crippen LogP contribution in [0.4, 0.5) is 22.7 Å². The van der Waals surface area contributed by atoms with Gasteiger partial charge in [0.1, 0.15) is 0 Å². The number of rotatable bonds is 5. The number of nitrogens with zero attached hydrogens (tertiary/aromatic N) is 2. The molecular formula is C54H42N2. The number of anilines is 4. The fourth-order valence-electron chi connectivity index (χ4n) is 9.65. The van der Waals surface area contributed by atoms with E-state index in [-0.39, 0.29) is 0 Å². The SMILES string of the molecule is c1ccc(-c2ccc(-c3c4cc(N5CCCc6ccccc65)ccc4c(-c4cccc5ccccc45)c4cc(N5CCCc6ccccc65)ccc34)cc2)cc1. The number of hydrogen-bond donors (Lipinski definition) is 0. The molecule has 0 spiro atoms. The Morgan fingerprint density at radius 3 is 1.54 bits per heavy atom. The van der Waals surface area contributed by atoms with Gasteiger partial charge in [0.15, 0.2) is 0 Å². The highest BCUT2D eigenvalue weighted by molar-refractivity contribution is 6.24. The van der Waals surface area contributed by atoms with Crippen LogP contribution in [0.3, 0.4) is 0 Å². The van der Waals surface area contributed by atoms with Gasteiger partial charge >= 0.3 is 0 Å². The molecule has 268 valence electrons. The molecule has 0 bridgehead atoms. The van der Waals surface area contributed by atoms with Gasteiger partial charge in [-0.3, -0.25) is 0 Å². The second-order valence-electron chi connectivity index (χ2n) is 15.4. The number of hydrogen-bond acceptors (Lipinski definition) is 2. The zero-order valence-corrected chi connectivity index (χ0v) is 31.5. The first-order valence-corrected chi connectivity index (χ1v) is 20.2. The molecule has 0 saturated heterocycles. The zero-order chi connectivity index (χ0) is 37.0. The van der Waals surface area contributed by atoms with Crippen molar-refractivity contribution in [3.8, 4) is 33.4 Å². The summed E-state index contributed by atoms with van der Waals surface area (Å²) in [6.07, 6.45) is 4.53. The van der Waals surface area contributed by atoms with Crippen molar-refractivity contribution in [2.75, 3.05) is 22.9 Å². The third-order valence-electron chi connectivity index (χ3n) is 12.3. The van der Waals surface area contributed by atoms with E-state index in [1.54, 1.807) is 0 Å². The van der Waals surface area contributed by atoms with Crippen LogP contribution in [-0.2, 0) is 12.8 Å². The summed E-state index contributed by atoms with van der Waals surface area (Å²) in [5.41, 5.74) is 15.6. The van der Waals surface area contributed by atoms with E-state index in [9.17, 15) is 0 Å². The van der Waals surface area contributed by atoms with E-state index in [2.05, 4.69) is 192 Å². The Kier molecular flexibility index (Phi) is 7.95. The van der Waals surface area contributed by atoms with E-state index < -0.39 is 0 Å². The van der Waals surface area contributed by atoms with Crippen LogP contribution in [0.2, 0.25) is 0 Å². The summed E-state index contributed by atoms with van der Waals surface area (Å²) in [6.45, 7) is 2.02. The van der Waals surface area contributed by atoms with Gasteiger partial charge in [-0.1, -0.05) is 146 Å². The monoisotopic (exact) mass is 718 g/mol. The predicted molar refractivity (Wildman–Crippen MR) is 239 cm³/mol. The second-order valence-corrected chi connectivity index (χ2v) is 15.4. The van der Waals surface area contributed by atoms with Crippen LogP contribution in [-0.4, -0.2) is 13.1 Å². The van der Waals surface area contributed by atoms with Crippen LogP contribution in [0.15, 0.2) is 182 Å². The molecule has 0 fully saturated rings. The maximum absolute atomic E-state index is 2.54. The minimum atomic E-state index is 1.01. The molecule has 56 heavy (non-hydrogen) atoms. The van der Waals surface area contributed by atoms with E-state index in [4.69, 9.17) is 0 Å². The third kappa shape index (κ3) is 5.47. The topological polar surface area (TPSA) is 6.48 Å². The van der Waals surface area contributed by atoms with Crippen molar-refractivity contribution in [3.63, 3.8) is 0 Å². The summed E-state index contributed by atoms with van der Waals surface area (Å²) in [5.74, 6) is 0. The molecule has 9 aromatic rings. The van der Waals surface area contributed by atoms with Gasteiger partial charge in [-0.2, -0.15) is 0 Å². The van der Waals surface area contributed by atoms with Crippen LogP contribution >= 0.6 is 0 Å². The highest BCUT2D eigenvalue weighted by Crippen LogP contribution is 2.49. The van der Waals surface area contributed by atoms with Crippen LogP contribution in [0.5, 0.6) is 0 Å². The highest BCUT2D eigenvalue weighted by Gasteiger charge is 2.24. The molecule has 0 N–H and O–H groups in total. The standard InChI is InChI=1S/C54H42N2/c1-2-13-37(14-3-1)38-25-27-42(28-26-38)53-47-31-29-44(56-34-12-20-41-17-6-9-24-52(41)56)36-50(47)54(46-22-10-18-39-15-4-7-21-45(39)46)48-32-30-43(35-49(48)53)55-33-11-19-40-16-5-8-23-51(40)55/h1-10,13-18,21-32,35-36H,11-12,19-20,33-34H2. The fraction of sp³-hybridized carbons (Fsp3) is 0.111. The van der Waals surface area contributed by atoms with Crippen molar-refractivity contribution in [2.24, 2.45) is 0 Å². The average molecular weight is 719 g/mol. The summed E-state index contributed by atoms with van der Waals surface area (Å²) < 4.78 is 0. The quantitative estimate of drug-likeness (QED) is 0.164. The normalized spacial score (nSPS) is 13.9. The van der Waals surface area contributed by atoms with Gasteiger partial charge < -0.3 is 9.80 Å². The largest absolute Gasteiger partial charge is 0.341 e. The molecule has 0 atom stereocenters. The van der Waals surface area contributed by atoms with Gasteiger partial charge in [0, 0.05) is 35.8 Å². The molecule has 9 aromatic carbocycles. The van der Waals surface area contributed by atoms with Crippen LogP contribution in [0.1, 0.15) is 24.0 Å². The van der Waals surface area contributed by atoms with Gasteiger partial charge in [0.05, 0.1) is 0 Å². The summed E-state index contributed by atoms with van der Waals surface area (Å²) >= 11 is 0. The number of benzene rings is 9. The van der Waals surface area contributed by atoms with Gasteiger partial charge in [-0.25, -0.2) is 0 Å². The lowest BCUT2D eigenvalue weighted by molar-refractivity contribution is 0.767. The Bertz CT molecular complexity index is 2920. The summed E-state index contributed by atoms with van der Waals surface area (Å²) in [5, 5.41) is 7.66. The first-order valence-electron chi connectivity index (χ1n) is 20.2. The maximum Gasteiger partial charge on any atom is 0.0443 e. The fourth-order valence-corrected chi connectivity index (χ4v) is 9.65. The van der Waals surface area contributed by atoms with E-state index in [0.29, 0.717) is 0 Å². The molecule has 11 rings (SSSR count). The minimum Gasteiger partial charge on any atom is -0.341 e. The molecule has 0 aromatic heterocycles. The zero-order valence-electron chi connectivity index (χ0n) is 31.5. The van der Waals surface area contributed by atoms with Crippen molar-refractivity contribution in [3.05, 3.63) is 193 Å². The predicted octanol–water partition coefficient (Wildman–Crippen LogP) is 14.3. The maximum atomic E-state index is 2.54.